The van der Waals surface area contributed by atoms with Crippen molar-refractivity contribution in [1.82, 2.24) is 23.8 Å². The van der Waals surface area contributed by atoms with Gasteiger partial charge in [0.1, 0.15) is 17.2 Å². The number of methoxy groups -OCH3 is 1. The van der Waals surface area contributed by atoms with Crippen LogP contribution in [0, 0.1) is 6.92 Å². The number of likely N-dealkylation sites (tertiary alicyclic amines) is 1. The van der Waals surface area contributed by atoms with E-state index in [-0.39, 0.29) is 11.8 Å². The lowest BCUT2D eigenvalue weighted by atomic mass is 9.97. The molecule has 3 aromatic rings. The monoisotopic (exact) mass is 367 g/mol. The molecule has 0 aromatic carbocycles. The molecule has 4 rings (SSSR count). The molecular weight excluding hydrogens is 342 g/mol. The van der Waals surface area contributed by atoms with E-state index in [1.54, 1.807) is 7.11 Å². The van der Waals surface area contributed by atoms with Crippen molar-refractivity contribution in [2.24, 2.45) is 0 Å². The van der Waals surface area contributed by atoms with Gasteiger partial charge < -0.3 is 18.6 Å². The Morgan fingerprint density at radius 2 is 2.26 bits per heavy atom. The fourth-order valence-electron chi connectivity index (χ4n) is 3.85. The van der Waals surface area contributed by atoms with E-state index in [9.17, 15) is 4.79 Å². The standard InChI is InChI=1S/C20H25N5O2/c1-15-5-3-7-18-22-17(14-25(15)18)20(26)24-9-4-6-16(13-24)19-21-8-10-23(19)11-12-27-2/h3,5,7-8,10,14,16H,4,6,9,11-13H2,1-2H3/t16-/m1/s1. The van der Waals surface area contributed by atoms with Gasteiger partial charge in [-0.25, -0.2) is 9.97 Å². The van der Waals surface area contributed by atoms with E-state index < -0.39 is 0 Å². The number of carbonyl (C=O) groups is 1. The quantitative estimate of drug-likeness (QED) is 0.695. The summed E-state index contributed by atoms with van der Waals surface area (Å²) in [7, 11) is 1.70. The summed E-state index contributed by atoms with van der Waals surface area (Å²) in [6, 6.07) is 5.90. The van der Waals surface area contributed by atoms with Crippen LogP contribution in [-0.2, 0) is 11.3 Å². The molecule has 1 aliphatic heterocycles. The van der Waals surface area contributed by atoms with Gasteiger partial charge in [-0.2, -0.15) is 0 Å². The summed E-state index contributed by atoms with van der Waals surface area (Å²) in [4.78, 5) is 24.1. The van der Waals surface area contributed by atoms with Gasteiger partial charge in [0.25, 0.3) is 5.91 Å². The normalized spacial score (nSPS) is 17.6. The zero-order valence-corrected chi connectivity index (χ0v) is 15.8. The maximum atomic E-state index is 13.1. The highest BCUT2D eigenvalue weighted by atomic mass is 16.5. The van der Waals surface area contributed by atoms with Crippen molar-refractivity contribution in [2.75, 3.05) is 26.8 Å². The third-order valence-electron chi connectivity index (χ3n) is 5.27. The second kappa shape index (κ2) is 7.52. The lowest BCUT2D eigenvalue weighted by Gasteiger charge is -2.32. The van der Waals surface area contributed by atoms with Gasteiger partial charge in [0.2, 0.25) is 0 Å². The minimum atomic E-state index is -0.00204. The summed E-state index contributed by atoms with van der Waals surface area (Å²) in [5, 5.41) is 0. The minimum Gasteiger partial charge on any atom is -0.383 e. The van der Waals surface area contributed by atoms with Gasteiger partial charge in [-0.1, -0.05) is 6.07 Å². The van der Waals surface area contributed by atoms with Gasteiger partial charge in [0.05, 0.1) is 6.61 Å². The number of aromatic nitrogens is 4. The number of hydrogen-bond donors (Lipinski definition) is 0. The Morgan fingerprint density at radius 1 is 1.37 bits per heavy atom. The summed E-state index contributed by atoms with van der Waals surface area (Å²) < 4.78 is 9.29. The fourth-order valence-corrected chi connectivity index (χ4v) is 3.85. The first kappa shape index (κ1) is 17.7. The highest BCUT2D eigenvalue weighted by molar-refractivity contribution is 5.93. The van der Waals surface area contributed by atoms with Crippen LogP contribution in [0.1, 0.15) is 40.8 Å². The topological polar surface area (TPSA) is 64.7 Å². The maximum absolute atomic E-state index is 13.1. The molecule has 1 saturated heterocycles. The molecule has 0 radical (unpaired) electrons. The predicted molar refractivity (Wildman–Crippen MR) is 102 cm³/mol. The number of hydrogen-bond acceptors (Lipinski definition) is 4. The van der Waals surface area contributed by atoms with E-state index in [0.717, 1.165) is 43.1 Å². The van der Waals surface area contributed by atoms with Crippen LogP contribution in [0.3, 0.4) is 0 Å². The van der Waals surface area contributed by atoms with Crippen molar-refractivity contribution in [3.8, 4) is 0 Å². The van der Waals surface area contributed by atoms with Crippen LogP contribution in [0.25, 0.3) is 5.65 Å². The van der Waals surface area contributed by atoms with E-state index in [1.165, 1.54) is 0 Å². The number of ether oxygens (including phenoxy) is 1. The molecule has 7 nitrogen and oxygen atoms in total. The molecule has 0 saturated carbocycles. The average molecular weight is 367 g/mol. The van der Waals surface area contributed by atoms with E-state index in [4.69, 9.17) is 4.74 Å². The molecule has 1 atom stereocenters. The van der Waals surface area contributed by atoms with Crippen LogP contribution in [-0.4, -0.2) is 56.5 Å². The Balaban J connectivity index is 1.53. The largest absolute Gasteiger partial charge is 0.383 e. The van der Waals surface area contributed by atoms with Gasteiger partial charge >= 0.3 is 0 Å². The van der Waals surface area contributed by atoms with Gasteiger partial charge in [-0.3, -0.25) is 4.79 Å². The molecule has 7 heteroatoms. The van der Waals surface area contributed by atoms with Crippen molar-refractivity contribution < 1.29 is 9.53 Å². The van der Waals surface area contributed by atoms with Crippen molar-refractivity contribution in [1.29, 1.82) is 0 Å². The molecule has 27 heavy (non-hydrogen) atoms. The summed E-state index contributed by atoms with van der Waals surface area (Å²) in [6.07, 6.45) is 7.67. The van der Waals surface area contributed by atoms with Crippen LogP contribution in [0.15, 0.2) is 36.8 Å². The van der Waals surface area contributed by atoms with E-state index in [0.29, 0.717) is 18.8 Å². The molecule has 4 heterocycles. The maximum Gasteiger partial charge on any atom is 0.274 e. The third kappa shape index (κ3) is 3.47. The van der Waals surface area contributed by atoms with E-state index in [2.05, 4.69) is 14.5 Å². The third-order valence-corrected chi connectivity index (χ3v) is 5.27. The van der Waals surface area contributed by atoms with Crippen molar-refractivity contribution in [3.05, 3.63) is 54.0 Å². The van der Waals surface area contributed by atoms with Crippen molar-refractivity contribution >= 4 is 11.6 Å². The van der Waals surface area contributed by atoms with Crippen LogP contribution >= 0.6 is 0 Å². The first-order valence-corrected chi connectivity index (χ1v) is 9.41. The lowest BCUT2D eigenvalue weighted by molar-refractivity contribution is 0.0697. The number of imidazole rings is 2. The highest BCUT2D eigenvalue weighted by Gasteiger charge is 2.29. The fraction of sp³-hybridized carbons (Fsp3) is 0.450. The zero-order valence-electron chi connectivity index (χ0n) is 15.8. The SMILES string of the molecule is COCCn1ccnc1[C@@H]1CCCN(C(=O)c2cn3c(C)cccc3n2)C1. The van der Waals surface area contributed by atoms with E-state index in [1.807, 2.05) is 53.0 Å². The Bertz CT molecular complexity index is 945. The molecule has 1 fully saturated rings. The molecule has 0 unspecified atom stereocenters. The summed E-state index contributed by atoms with van der Waals surface area (Å²) in [6.45, 7) is 4.89. The zero-order chi connectivity index (χ0) is 18.8. The number of aryl methyl sites for hydroxylation is 1. The van der Waals surface area contributed by atoms with Crippen LogP contribution in [0.4, 0.5) is 0 Å². The Hall–Kier alpha value is -2.67. The summed E-state index contributed by atoms with van der Waals surface area (Å²) in [5.41, 5.74) is 2.38. The smallest absolute Gasteiger partial charge is 0.274 e. The van der Waals surface area contributed by atoms with Crippen molar-refractivity contribution in [2.45, 2.75) is 32.2 Å². The molecule has 1 aliphatic rings. The van der Waals surface area contributed by atoms with Crippen LogP contribution < -0.4 is 0 Å². The Labute approximate surface area is 158 Å². The number of fused-ring (bicyclic) bond motifs is 1. The second-order valence-corrected chi connectivity index (χ2v) is 7.08. The molecule has 0 N–H and O–H groups in total. The number of rotatable bonds is 5. The first-order valence-electron chi connectivity index (χ1n) is 9.41. The van der Waals surface area contributed by atoms with Gasteiger partial charge in [-0.15, -0.1) is 0 Å². The molecule has 1 amide bonds. The van der Waals surface area contributed by atoms with Gasteiger partial charge in [0.15, 0.2) is 0 Å². The van der Waals surface area contributed by atoms with Gasteiger partial charge in [-0.05, 0) is 31.9 Å². The Kier molecular flexibility index (Phi) is 4.94. The Morgan fingerprint density at radius 3 is 3.07 bits per heavy atom. The number of nitrogens with zero attached hydrogens (tertiary/aromatic N) is 5. The van der Waals surface area contributed by atoms with Crippen molar-refractivity contribution in [3.63, 3.8) is 0 Å². The minimum absolute atomic E-state index is 0.00204. The van der Waals surface area contributed by atoms with Crippen LogP contribution in [0.5, 0.6) is 0 Å². The number of amides is 1. The predicted octanol–water partition coefficient (Wildman–Crippen LogP) is 2.51. The molecule has 0 bridgehead atoms. The second-order valence-electron chi connectivity index (χ2n) is 7.08. The molecule has 3 aromatic heterocycles. The number of carbonyl (C=O) groups excluding carboxylic acids is 1. The average Bonchev–Trinajstić information content (AvgIpc) is 3.33. The molecule has 142 valence electrons. The number of piperidine rings is 1. The molecule has 0 spiro atoms. The summed E-state index contributed by atoms with van der Waals surface area (Å²) in [5.74, 6) is 1.28. The highest BCUT2D eigenvalue weighted by Crippen LogP contribution is 2.27. The number of pyridine rings is 1. The van der Waals surface area contributed by atoms with E-state index >= 15 is 0 Å². The first-order chi connectivity index (χ1) is 13.2. The molecule has 0 aliphatic carbocycles. The lowest BCUT2D eigenvalue weighted by Crippen LogP contribution is -2.40. The van der Waals surface area contributed by atoms with Crippen LogP contribution in [0.2, 0.25) is 0 Å². The summed E-state index contributed by atoms with van der Waals surface area (Å²) >= 11 is 0. The van der Waals surface area contributed by atoms with Gasteiger partial charge in [0, 0.05) is 56.9 Å². The molecular formula is C20H25N5O2.